The summed E-state index contributed by atoms with van der Waals surface area (Å²) in [6.07, 6.45) is -4.52. The summed E-state index contributed by atoms with van der Waals surface area (Å²) in [7, 11) is 1.52. The smallest absolute Gasteiger partial charge is 0.442 e. The normalized spacial score (nSPS) is 12.4. The number of nitrogens with one attached hydrogen (secondary N) is 2. The lowest BCUT2D eigenvalue weighted by atomic mass is 10.2. The van der Waals surface area contributed by atoms with Gasteiger partial charge in [-0.2, -0.15) is 13.2 Å². The van der Waals surface area contributed by atoms with Gasteiger partial charge in [0.05, 0.1) is 17.9 Å². The molecule has 0 aliphatic carbocycles. The first-order chi connectivity index (χ1) is 14.2. The maximum atomic E-state index is 12.8. The number of benzene rings is 2. The molecule has 1 aromatic heterocycles. The molecule has 1 heterocycles. The molecule has 0 fully saturated rings. The standard InChI is InChI=1S/C19H16F3N3O4S/c1-11(16(26)23-13-5-3-4-12(10-13)19(20,21)22)30-17-18(27)29-24-25(17)14-6-8-15(28-2)9-7-14/h3-11H,1-2H3,(H-,23,24,26,27)/p+1. The van der Waals surface area contributed by atoms with Crippen LogP contribution < -0.4 is 20.4 Å². The Hall–Kier alpha value is -3.21. The molecule has 0 saturated carbocycles. The van der Waals surface area contributed by atoms with Gasteiger partial charge in [0.15, 0.2) is 0 Å². The molecule has 7 nitrogen and oxygen atoms in total. The Balaban J connectivity index is 1.76. The number of hydrogen-bond acceptors (Lipinski definition) is 5. The summed E-state index contributed by atoms with van der Waals surface area (Å²) in [5.41, 5.74) is -0.986. The molecule has 11 heteroatoms. The minimum Gasteiger partial charge on any atom is -0.497 e. The Morgan fingerprint density at radius 2 is 1.93 bits per heavy atom. The largest absolute Gasteiger partial charge is 0.497 e. The molecule has 3 aromatic rings. The number of ether oxygens (including phenoxy) is 1. The zero-order valence-electron chi connectivity index (χ0n) is 15.8. The molecular formula is C19H17F3N3O4S+. The molecule has 0 bridgehead atoms. The summed E-state index contributed by atoms with van der Waals surface area (Å²) >= 11 is 0.905. The van der Waals surface area contributed by atoms with Crippen molar-refractivity contribution in [3.63, 3.8) is 0 Å². The van der Waals surface area contributed by atoms with Crippen LogP contribution >= 0.6 is 11.8 Å². The van der Waals surface area contributed by atoms with Crippen molar-refractivity contribution in [2.75, 3.05) is 12.4 Å². The van der Waals surface area contributed by atoms with Crippen LogP contribution in [0, 0.1) is 0 Å². The first kappa shape index (κ1) is 21.5. The van der Waals surface area contributed by atoms with Gasteiger partial charge in [0.1, 0.15) is 5.75 Å². The summed E-state index contributed by atoms with van der Waals surface area (Å²) in [4.78, 5) is 24.5. The highest BCUT2D eigenvalue weighted by molar-refractivity contribution is 8.00. The number of anilines is 1. The number of methoxy groups -OCH3 is 1. The van der Waals surface area contributed by atoms with Crippen LogP contribution in [0.4, 0.5) is 18.9 Å². The average molecular weight is 440 g/mol. The van der Waals surface area contributed by atoms with Crippen LogP contribution in [-0.4, -0.2) is 23.5 Å². The maximum absolute atomic E-state index is 12.8. The van der Waals surface area contributed by atoms with E-state index in [0.29, 0.717) is 11.4 Å². The third-order valence-electron chi connectivity index (χ3n) is 4.05. The van der Waals surface area contributed by atoms with Gasteiger partial charge in [-0.15, -0.1) is 0 Å². The van der Waals surface area contributed by atoms with Crippen molar-refractivity contribution in [1.29, 1.82) is 0 Å². The highest BCUT2D eigenvalue weighted by Crippen LogP contribution is 2.31. The number of aromatic amines is 1. The SMILES string of the molecule is COc1ccc(-[n+]2[nH]oc(=O)c2SC(C)C(=O)Nc2cccc(C(F)(F)F)c2)cc1. The summed E-state index contributed by atoms with van der Waals surface area (Å²) in [5, 5.41) is 4.19. The Morgan fingerprint density at radius 3 is 2.57 bits per heavy atom. The number of amides is 1. The molecular weight excluding hydrogens is 423 g/mol. The van der Waals surface area contributed by atoms with E-state index in [0.717, 1.165) is 23.9 Å². The molecule has 0 radical (unpaired) electrons. The van der Waals surface area contributed by atoms with Gasteiger partial charge < -0.3 is 10.1 Å². The fraction of sp³-hybridized carbons (Fsp3) is 0.211. The third kappa shape index (κ3) is 4.85. The van der Waals surface area contributed by atoms with Crippen LogP contribution in [-0.2, 0) is 11.0 Å². The quantitative estimate of drug-likeness (QED) is 0.453. The van der Waals surface area contributed by atoms with Gasteiger partial charge in [0.25, 0.3) is 0 Å². The van der Waals surface area contributed by atoms with Gasteiger partial charge in [0, 0.05) is 17.8 Å². The Morgan fingerprint density at radius 1 is 1.23 bits per heavy atom. The Kier molecular flexibility index (Phi) is 6.20. The number of hydrogen-bond donors (Lipinski definition) is 2. The topological polar surface area (TPSA) is 88.2 Å². The Labute approximate surface area is 172 Å². The van der Waals surface area contributed by atoms with E-state index in [-0.39, 0.29) is 10.7 Å². The second-order valence-corrected chi connectivity index (χ2v) is 7.48. The van der Waals surface area contributed by atoms with Gasteiger partial charge in [-0.3, -0.25) is 9.32 Å². The minimum atomic E-state index is -4.52. The molecule has 0 spiro atoms. The van der Waals surface area contributed by atoms with Crippen molar-refractivity contribution >= 4 is 23.4 Å². The summed E-state index contributed by atoms with van der Waals surface area (Å²) in [6, 6.07) is 11.1. The van der Waals surface area contributed by atoms with Crippen LogP contribution in [0.3, 0.4) is 0 Å². The lowest BCUT2D eigenvalue weighted by molar-refractivity contribution is -0.704. The molecule has 158 valence electrons. The van der Waals surface area contributed by atoms with Crippen LogP contribution in [0.1, 0.15) is 12.5 Å². The van der Waals surface area contributed by atoms with Crippen LogP contribution in [0.5, 0.6) is 5.75 Å². The number of rotatable bonds is 6. The molecule has 0 aliphatic rings. The molecule has 3 rings (SSSR count). The van der Waals surface area contributed by atoms with Crippen LogP contribution in [0.15, 0.2) is 62.9 Å². The van der Waals surface area contributed by atoms with E-state index in [1.54, 1.807) is 24.3 Å². The Bertz CT molecular complexity index is 1090. The molecule has 0 aliphatic heterocycles. The maximum Gasteiger partial charge on any atom is 0.442 e. The molecule has 1 amide bonds. The number of nitrogens with zero attached hydrogens (tertiary/aromatic N) is 1. The van der Waals surface area contributed by atoms with Crippen molar-refractivity contribution in [1.82, 2.24) is 5.27 Å². The lowest BCUT2D eigenvalue weighted by Gasteiger charge is -2.12. The van der Waals surface area contributed by atoms with E-state index in [9.17, 15) is 22.8 Å². The number of halogens is 3. The monoisotopic (exact) mass is 440 g/mol. The fourth-order valence-electron chi connectivity index (χ4n) is 2.50. The van der Waals surface area contributed by atoms with Gasteiger partial charge in [-0.05, 0) is 59.0 Å². The predicted octanol–water partition coefficient (Wildman–Crippen LogP) is 3.39. The number of aromatic nitrogens is 2. The second-order valence-electron chi connectivity index (χ2n) is 6.15. The van der Waals surface area contributed by atoms with Crippen molar-refractivity contribution in [2.45, 2.75) is 23.4 Å². The van der Waals surface area contributed by atoms with E-state index < -0.39 is 28.5 Å². The highest BCUT2D eigenvalue weighted by Gasteiger charge is 2.31. The van der Waals surface area contributed by atoms with Crippen molar-refractivity contribution < 1.29 is 31.9 Å². The van der Waals surface area contributed by atoms with Crippen molar-refractivity contribution in [3.8, 4) is 11.4 Å². The average Bonchev–Trinajstić information content (AvgIpc) is 3.08. The van der Waals surface area contributed by atoms with Crippen molar-refractivity contribution in [2.24, 2.45) is 0 Å². The predicted molar refractivity (Wildman–Crippen MR) is 103 cm³/mol. The van der Waals surface area contributed by atoms with Gasteiger partial charge in [-0.25, -0.2) is 4.79 Å². The van der Waals surface area contributed by atoms with E-state index in [4.69, 9.17) is 9.26 Å². The molecule has 0 saturated heterocycles. The summed E-state index contributed by atoms with van der Waals surface area (Å²) < 4.78 is 49.8. The van der Waals surface area contributed by atoms with Crippen molar-refractivity contribution in [3.05, 3.63) is 64.5 Å². The van der Waals surface area contributed by atoms with E-state index in [2.05, 4.69) is 10.6 Å². The van der Waals surface area contributed by atoms with Crippen LogP contribution in [0.2, 0.25) is 0 Å². The van der Waals surface area contributed by atoms with Gasteiger partial charge in [-0.1, -0.05) is 6.07 Å². The first-order valence-electron chi connectivity index (χ1n) is 8.62. The first-order valence-corrected chi connectivity index (χ1v) is 9.49. The zero-order valence-corrected chi connectivity index (χ0v) is 16.6. The van der Waals surface area contributed by atoms with E-state index >= 15 is 0 Å². The molecule has 2 N–H and O–H groups in total. The third-order valence-corrected chi connectivity index (χ3v) is 5.19. The van der Waals surface area contributed by atoms with Crippen LogP contribution in [0.25, 0.3) is 5.69 Å². The van der Waals surface area contributed by atoms with E-state index in [1.807, 2.05) is 0 Å². The molecule has 2 aromatic carbocycles. The zero-order chi connectivity index (χ0) is 21.9. The summed E-state index contributed by atoms with van der Waals surface area (Å²) in [6.45, 7) is 1.53. The number of carbonyl (C=O) groups excluding carboxylic acids is 1. The molecule has 1 unspecified atom stereocenters. The molecule has 1 atom stereocenters. The number of carbonyl (C=O) groups is 1. The van der Waals surface area contributed by atoms with E-state index in [1.165, 1.54) is 30.8 Å². The second kappa shape index (κ2) is 8.66. The lowest BCUT2D eigenvalue weighted by Crippen LogP contribution is -2.37. The highest BCUT2D eigenvalue weighted by atomic mass is 32.2. The van der Waals surface area contributed by atoms with Gasteiger partial charge >= 0.3 is 16.8 Å². The fourth-order valence-corrected chi connectivity index (χ4v) is 3.39. The number of H-pyrrole nitrogens is 1. The van der Waals surface area contributed by atoms with Gasteiger partial charge in [0.2, 0.25) is 11.6 Å². The molecule has 30 heavy (non-hydrogen) atoms. The summed E-state index contributed by atoms with van der Waals surface area (Å²) in [5.74, 6) is 0.0504. The number of alkyl halides is 3. The minimum absolute atomic E-state index is 0.00593. The number of thioether (sulfide) groups is 1.